The highest BCUT2D eigenvalue weighted by Crippen LogP contribution is 2.35. The zero-order chi connectivity index (χ0) is 24.0. The van der Waals surface area contributed by atoms with Crippen molar-refractivity contribution < 1.29 is 9.47 Å². The highest BCUT2D eigenvalue weighted by atomic mass is 127. The molecular weight excluding hydrogens is 674 g/mol. The molecule has 0 N–H and O–H groups in total. The first-order chi connectivity index (χ1) is 16.3. The van der Waals surface area contributed by atoms with E-state index in [1.165, 1.54) is 20.5 Å². The Kier molecular flexibility index (Phi) is 6.56. The third-order valence-electron chi connectivity index (χ3n) is 5.70. The number of aryl methyl sites for hydroxylation is 2. The molecule has 5 rings (SSSR count). The molecule has 0 radical (unpaired) electrons. The van der Waals surface area contributed by atoms with Crippen LogP contribution in [-0.4, -0.2) is 16.5 Å². The quantitative estimate of drug-likeness (QED) is 0.216. The van der Waals surface area contributed by atoms with Gasteiger partial charge in [0, 0.05) is 3.57 Å². The van der Waals surface area contributed by atoms with Crippen molar-refractivity contribution >= 4 is 78.6 Å². The van der Waals surface area contributed by atoms with Crippen molar-refractivity contribution in [3.05, 3.63) is 92.8 Å². The lowest BCUT2D eigenvalue weighted by atomic mass is 10.1. The lowest BCUT2D eigenvalue weighted by molar-refractivity contribution is 0.282. The molecule has 0 amide bonds. The molecule has 0 unspecified atom stereocenters. The van der Waals surface area contributed by atoms with Crippen molar-refractivity contribution in [1.29, 1.82) is 0 Å². The molecule has 0 aliphatic heterocycles. The Hall–Kier alpha value is -2.18. The van der Waals surface area contributed by atoms with Crippen LogP contribution in [0.4, 0.5) is 0 Å². The number of imidazole rings is 1. The molecule has 5 aromatic rings. The molecular formula is C26H20I2N2O3S. The maximum Gasteiger partial charge on any atom is 0.274 e. The number of hydrogen-bond donors (Lipinski definition) is 0. The molecule has 2 heterocycles. The molecule has 0 fully saturated rings. The third-order valence-corrected chi connectivity index (χ3v) is 8.19. The number of benzene rings is 3. The van der Waals surface area contributed by atoms with Crippen LogP contribution in [-0.2, 0) is 6.61 Å². The summed E-state index contributed by atoms with van der Waals surface area (Å²) in [6.07, 6.45) is 1.89. The summed E-state index contributed by atoms with van der Waals surface area (Å²) in [6.45, 7) is 4.56. The summed E-state index contributed by atoms with van der Waals surface area (Å²) in [5, 5.41) is 0. The second kappa shape index (κ2) is 9.46. The average molecular weight is 694 g/mol. The van der Waals surface area contributed by atoms with Crippen LogP contribution in [0.15, 0.2) is 53.3 Å². The highest BCUT2D eigenvalue weighted by molar-refractivity contribution is 14.1. The van der Waals surface area contributed by atoms with Crippen LogP contribution >= 0.6 is 56.5 Å². The van der Waals surface area contributed by atoms with Gasteiger partial charge in [-0.3, -0.25) is 4.79 Å². The molecule has 0 aliphatic carbocycles. The maximum absolute atomic E-state index is 13.2. The lowest BCUT2D eigenvalue weighted by Crippen LogP contribution is -2.22. The first-order valence-electron chi connectivity index (χ1n) is 10.5. The zero-order valence-electron chi connectivity index (χ0n) is 18.7. The van der Waals surface area contributed by atoms with E-state index in [-0.39, 0.29) is 5.56 Å². The van der Waals surface area contributed by atoms with Crippen molar-refractivity contribution in [3.63, 3.8) is 0 Å². The van der Waals surface area contributed by atoms with Crippen LogP contribution in [0.2, 0.25) is 0 Å². The lowest BCUT2D eigenvalue weighted by Gasteiger charge is -2.13. The maximum atomic E-state index is 13.2. The summed E-state index contributed by atoms with van der Waals surface area (Å²) in [4.78, 5) is 18.6. The molecule has 172 valence electrons. The fourth-order valence-electron chi connectivity index (χ4n) is 3.77. The van der Waals surface area contributed by atoms with E-state index < -0.39 is 0 Å². The second-order valence-electron chi connectivity index (χ2n) is 8.02. The fraction of sp³-hybridized carbons (Fsp3) is 0.154. The van der Waals surface area contributed by atoms with Gasteiger partial charge in [0.05, 0.1) is 26.2 Å². The Balaban J connectivity index is 1.52. The molecule has 0 spiro atoms. The smallest absolute Gasteiger partial charge is 0.274 e. The number of thiazole rings is 1. The molecule has 0 atom stereocenters. The van der Waals surface area contributed by atoms with Gasteiger partial charge in [0.15, 0.2) is 16.5 Å². The molecule has 8 heteroatoms. The van der Waals surface area contributed by atoms with Gasteiger partial charge in [0.25, 0.3) is 5.56 Å². The summed E-state index contributed by atoms with van der Waals surface area (Å²) < 4.78 is 16.2. The van der Waals surface area contributed by atoms with Crippen molar-refractivity contribution in [2.75, 3.05) is 7.11 Å². The van der Waals surface area contributed by atoms with Gasteiger partial charge in [-0.15, -0.1) is 0 Å². The summed E-state index contributed by atoms with van der Waals surface area (Å²) >= 11 is 5.93. The number of methoxy groups -OCH3 is 1. The second-order valence-corrected chi connectivity index (χ2v) is 11.4. The molecule has 34 heavy (non-hydrogen) atoms. The number of ether oxygens (including phenoxy) is 2. The van der Waals surface area contributed by atoms with Gasteiger partial charge in [-0.05, 0) is 124 Å². The van der Waals surface area contributed by atoms with Gasteiger partial charge in [-0.25, -0.2) is 9.38 Å². The van der Waals surface area contributed by atoms with E-state index in [1.807, 2.05) is 37.3 Å². The topological polar surface area (TPSA) is 52.8 Å². The number of hydrogen-bond acceptors (Lipinski definition) is 5. The number of rotatable bonds is 5. The van der Waals surface area contributed by atoms with Crippen LogP contribution in [0.5, 0.6) is 11.5 Å². The van der Waals surface area contributed by atoms with Gasteiger partial charge >= 0.3 is 0 Å². The van der Waals surface area contributed by atoms with Gasteiger partial charge in [-0.2, -0.15) is 0 Å². The van der Waals surface area contributed by atoms with Gasteiger partial charge in [-0.1, -0.05) is 23.5 Å². The summed E-state index contributed by atoms with van der Waals surface area (Å²) in [5.41, 5.74) is 5.92. The standard InChI is InChI=1S/C26H20I2N2O3S/c1-14-8-20-21(9-15(14)2)30-25(31)23(34-26(30)29-20)12-17-10-19(28)24(22(11-17)32-3)33-13-16-4-6-18(27)7-5-16/h4-12H,13H2,1-3H3/b23-12-. The summed E-state index contributed by atoms with van der Waals surface area (Å²) in [6, 6.07) is 16.2. The Morgan fingerprint density at radius 2 is 1.79 bits per heavy atom. The molecule has 0 bridgehead atoms. The Morgan fingerprint density at radius 1 is 1.06 bits per heavy atom. The SMILES string of the molecule is COc1cc(/C=c2\sc3nc4cc(C)c(C)cc4n3c2=O)cc(I)c1OCc1ccc(I)cc1. The van der Waals surface area contributed by atoms with Crippen LogP contribution in [0.3, 0.4) is 0 Å². The minimum atomic E-state index is -0.0567. The Morgan fingerprint density at radius 3 is 2.53 bits per heavy atom. The summed E-state index contributed by atoms with van der Waals surface area (Å²) in [7, 11) is 1.63. The van der Waals surface area contributed by atoms with Crippen molar-refractivity contribution in [2.45, 2.75) is 20.5 Å². The van der Waals surface area contributed by atoms with Gasteiger partial charge in [0.1, 0.15) is 6.61 Å². The van der Waals surface area contributed by atoms with Crippen molar-refractivity contribution in [1.82, 2.24) is 9.38 Å². The first kappa shape index (κ1) is 23.6. The molecule has 0 aliphatic rings. The number of fused-ring (bicyclic) bond motifs is 3. The zero-order valence-corrected chi connectivity index (χ0v) is 23.8. The molecule has 3 aromatic carbocycles. The average Bonchev–Trinajstić information content (AvgIpc) is 3.29. The van der Waals surface area contributed by atoms with Crippen LogP contribution in [0.1, 0.15) is 22.3 Å². The number of aromatic nitrogens is 2. The largest absolute Gasteiger partial charge is 0.493 e. The monoisotopic (exact) mass is 694 g/mol. The van der Waals surface area contributed by atoms with Crippen molar-refractivity contribution in [2.24, 2.45) is 0 Å². The van der Waals surface area contributed by atoms with E-state index in [0.717, 1.165) is 31.3 Å². The molecule has 5 nitrogen and oxygen atoms in total. The Labute approximate surface area is 227 Å². The predicted octanol–water partition coefficient (Wildman–Crippen LogP) is 5.87. The van der Waals surface area contributed by atoms with Gasteiger partial charge in [0.2, 0.25) is 0 Å². The van der Waals surface area contributed by atoms with Crippen molar-refractivity contribution in [3.8, 4) is 11.5 Å². The van der Waals surface area contributed by atoms with E-state index in [9.17, 15) is 4.79 Å². The Bertz CT molecular complexity index is 1660. The van der Waals surface area contributed by atoms with Gasteiger partial charge < -0.3 is 9.47 Å². The van der Waals surface area contributed by atoms with Crippen LogP contribution in [0.25, 0.3) is 22.1 Å². The number of halogens is 2. The summed E-state index contributed by atoms with van der Waals surface area (Å²) in [5.74, 6) is 1.33. The third kappa shape index (κ3) is 4.42. The van der Waals surface area contributed by atoms with Crippen LogP contribution in [0, 0.1) is 21.0 Å². The van der Waals surface area contributed by atoms with E-state index in [0.29, 0.717) is 27.6 Å². The van der Waals surface area contributed by atoms with Crippen LogP contribution < -0.4 is 19.6 Å². The van der Waals surface area contributed by atoms with E-state index >= 15 is 0 Å². The minimum absolute atomic E-state index is 0.0567. The highest BCUT2D eigenvalue weighted by Gasteiger charge is 2.14. The number of nitrogens with zero attached hydrogens (tertiary/aromatic N) is 2. The first-order valence-corrected chi connectivity index (χ1v) is 13.5. The molecule has 0 saturated carbocycles. The predicted molar refractivity (Wildman–Crippen MR) is 154 cm³/mol. The van der Waals surface area contributed by atoms with E-state index in [1.54, 1.807) is 11.5 Å². The molecule has 0 saturated heterocycles. The fourth-order valence-corrected chi connectivity index (χ4v) is 5.90. The van der Waals surface area contributed by atoms with E-state index in [4.69, 9.17) is 9.47 Å². The normalized spacial score (nSPS) is 12.1. The molecule has 2 aromatic heterocycles. The van der Waals surface area contributed by atoms with E-state index in [2.05, 4.69) is 81.4 Å². The minimum Gasteiger partial charge on any atom is -0.493 e.